The van der Waals surface area contributed by atoms with Crippen molar-refractivity contribution < 1.29 is 9.53 Å². The summed E-state index contributed by atoms with van der Waals surface area (Å²) in [5, 5.41) is 6.25. The van der Waals surface area contributed by atoms with Gasteiger partial charge in [0.25, 0.3) is 5.91 Å². The molecule has 0 bridgehead atoms. The van der Waals surface area contributed by atoms with Gasteiger partial charge in [-0.15, -0.1) is 0 Å². The highest BCUT2D eigenvalue weighted by atomic mass is 16.5. The van der Waals surface area contributed by atoms with Gasteiger partial charge in [-0.1, -0.05) is 12.1 Å². The third kappa shape index (κ3) is 3.86. The fraction of sp³-hybridized carbons (Fsp3) is 0.400. The van der Waals surface area contributed by atoms with Gasteiger partial charge in [0.15, 0.2) is 0 Å². The fourth-order valence-electron chi connectivity index (χ4n) is 3.42. The van der Waals surface area contributed by atoms with Crippen molar-refractivity contribution in [2.75, 3.05) is 43.0 Å². The topological polar surface area (TPSA) is 66.5 Å². The average molecular weight is 352 g/mol. The van der Waals surface area contributed by atoms with Crippen molar-refractivity contribution in [2.45, 2.75) is 18.9 Å². The molecule has 0 radical (unpaired) electrons. The fourth-order valence-corrected chi connectivity index (χ4v) is 3.42. The molecule has 3 heterocycles. The minimum Gasteiger partial charge on any atom is -0.371 e. The number of carbonyl (C=O) groups excluding carboxylic acids is 1. The number of nitrogens with zero attached hydrogens (tertiary/aromatic N) is 2. The highest BCUT2D eigenvalue weighted by Crippen LogP contribution is 2.21. The van der Waals surface area contributed by atoms with Gasteiger partial charge in [-0.25, -0.2) is 4.98 Å². The molecule has 0 unspecified atom stereocenters. The van der Waals surface area contributed by atoms with Gasteiger partial charge in [-0.3, -0.25) is 4.79 Å². The summed E-state index contributed by atoms with van der Waals surface area (Å²) in [7, 11) is 0. The Hall–Kier alpha value is -2.44. The van der Waals surface area contributed by atoms with Gasteiger partial charge < -0.3 is 20.3 Å². The van der Waals surface area contributed by atoms with Gasteiger partial charge in [0.2, 0.25) is 0 Å². The van der Waals surface area contributed by atoms with E-state index in [1.807, 2.05) is 36.4 Å². The summed E-state index contributed by atoms with van der Waals surface area (Å²) in [6.45, 7) is 4.54. The molecule has 0 saturated carbocycles. The van der Waals surface area contributed by atoms with Crippen molar-refractivity contribution in [3.8, 4) is 0 Å². The summed E-state index contributed by atoms with van der Waals surface area (Å²) in [6.07, 6.45) is 4.15. The summed E-state index contributed by atoms with van der Waals surface area (Å²) < 4.78 is 5.75. The Bertz CT molecular complexity index is 733. The molecule has 136 valence electrons. The maximum atomic E-state index is 12.4. The molecule has 6 nitrogen and oxygen atoms in total. The number of pyridine rings is 1. The number of nitrogens with one attached hydrogen (secondary N) is 2. The molecule has 26 heavy (non-hydrogen) atoms. The van der Waals surface area contributed by atoms with Crippen molar-refractivity contribution in [2.24, 2.45) is 0 Å². The number of ether oxygens (including phenoxy) is 1. The number of anilines is 2. The van der Waals surface area contributed by atoms with Crippen LogP contribution in [-0.2, 0) is 4.74 Å². The van der Waals surface area contributed by atoms with E-state index in [0.29, 0.717) is 5.56 Å². The molecule has 6 heteroatoms. The molecular formula is C20H24N4O2. The first kappa shape index (κ1) is 17.0. The van der Waals surface area contributed by atoms with Crippen LogP contribution in [0.1, 0.15) is 34.9 Å². The van der Waals surface area contributed by atoms with E-state index in [2.05, 4.69) is 20.5 Å². The Balaban J connectivity index is 1.37. The lowest BCUT2D eigenvalue weighted by Gasteiger charge is -2.24. The summed E-state index contributed by atoms with van der Waals surface area (Å²) in [5.74, 6) is 0.804. The van der Waals surface area contributed by atoms with Crippen molar-refractivity contribution in [3.05, 3.63) is 53.7 Å². The highest BCUT2D eigenvalue weighted by Gasteiger charge is 2.16. The van der Waals surface area contributed by atoms with Crippen LogP contribution in [0, 0.1) is 0 Å². The smallest absolute Gasteiger partial charge is 0.257 e. The van der Waals surface area contributed by atoms with Gasteiger partial charge in [-0.2, -0.15) is 0 Å². The predicted molar refractivity (Wildman–Crippen MR) is 102 cm³/mol. The molecule has 1 aromatic carbocycles. The molecule has 1 atom stereocenters. The van der Waals surface area contributed by atoms with Gasteiger partial charge in [0.1, 0.15) is 5.82 Å². The van der Waals surface area contributed by atoms with Crippen LogP contribution >= 0.6 is 0 Å². The molecule has 0 aliphatic carbocycles. The lowest BCUT2D eigenvalue weighted by Crippen LogP contribution is -2.33. The summed E-state index contributed by atoms with van der Waals surface area (Å²) in [5.41, 5.74) is 2.45. The van der Waals surface area contributed by atoms with E-state index < -0.39 is 0 Å². The molecule has 2 aliphatic rings. The minimum atomic E-state index is -0.145. The normalized spacial score (nSPS) is 20.2. The van der Waals surface area contributed by atoms with E-state index >= 15 is 0 Å². The van der Waals surface area contributed by atoms with Gasteiger partial charge >= 0.3 is 0 Å². The summed E-state index contributed by atoms with van der Waals surface area (Å²) >= 11 is 0. The number of rotatable bonds is 4. The molecule has 2 fully saturated rings. The third-order valence-electron chi connectivity index (χ3n) is 4.91. The Labute approximate surface area is 153 Å². The predicted octanol–water partition coefficient (Wildman–Crippen LogP) is 2.60. The Kier molecular flexibility index (Phi) is 5.13. The van der Waals surface area contributed by atoms with Gasteiger partial charge in [-0.05, 0) is 42.7 Å². The Morgan fingerprint density at radius 2 is 1.96 bits per heavy atom. The van der Waals surface area contributed by atoms with Crippen LogP contribution in [0.25, 0.3) is 0 Å². The van der Waals surface area contributed by atoms with E-state index in [-0.39, 0.29) is 12.0 Å². The summed E-state index contributed by atoms with van der Waals surface area (Å²) in [4.78, 5) is 19.1. The number of amides is 1. The van der Waals surface area contributed by atoms with Crippen molar-refractivity contribution >= 4 is 17.4 Å². The number of morpholine rings is 1. The van der Waals surface area contributed by atoms with E-state index in [1.165, 1.54) is 12.8 Å². The molecule has 0 spiro atoms. The summed E-state index contributed by atoms with van der Waals surface area (Å²) in [6, 6.07) is 11.6. The molecule has 2 saturated heterocycles. The van der Waals surface area contributed by atoms with E-state index in [4.69, 9.17) is 4.74 Å². The zero-order chi connectivity index (χ0) is 17.8. The van der Waals surface area contributed by atoms with Crippen LogP contribution < -0.4 is 15.5 Å². The average Bonchev–Trinajstić information content (AvgIpc) is 3.24. The molecule has 2 N–H and O–H groups in total. The molecule has 2 aliphatic heterocycles. The first-order valence-corrected chi connectivity index (χ1v) is 9.24. The molecule has 1 aromatic heterocycles. The van der Waals surface area contributed by atoms with Crippen molar-refractivity contribution in [1.82, 2.24) is 10.3 Å². The second-order valence-corrected chi connectivity index (χ2v) is 6.74. The van der Waals surface area contributed by atoms with Gasteiger partial charge in [0, 0.05) is 38.1 Å². The maximum absolute atomic E-state index is 12.4. The molecule has 2 aromatic rings. The first-order chi connectivity index (χ1) is 12.8. The molecule has 1 amide bonds. The highest BCUT2D eigenvalue weighted by molar-refractivity contribution is 6.04. The van der Waals surface area contributed by atoms with E-state index in [0.717, 1.165) is 49.9 Å². The standard InChI is InChI=1S/C20H24N4O2/c25-20(16-5-8-19(22-13-16)24-10-1-2-11-24)23-17-6-3-15(4-7-17)18-14-21-9-12-26-18/h3-8,13,18,21H,1-2,9-12,14H2,(H,23,25)/t18-/m1/s1. The SMILES string of the molecule is O=C(Nc1ccc([C@H]2CNCCO2)cc1)c1ccc(N2CCCC2)nc1. The monoisotopic (exact) mass is 352 g/mol. The number of benzene rings is 1. The van der Waals surface area contributed by atoms with Crippen LogP contribution in [0.5, 0.6) is 0 Å². The van der Waals surface area contributed by atoms with Crippen molar-refractivity contribution in [1.29, 1.82) is 0 Å². The number of aromatic nitrogens is 1. The minimum absolute atomic E-state index is 0.0795. The van der Waals surface area contributed by atoms with E-state index in [9.17, 15) is 4.79 Å². The van der Waals surface area contributed by atoms with Crippen LogP contribution in [0.4, 0.5) is 11.5 Å². The van der Waals surface area contributed by atoms with E-state index in [1.54, 1.807) is 6.20 Å². The Morgan fingerprint density at radius 1 is 1.15 bits per heavy atom. The van der Waals surface area contributed by atoms with Crippen LogP contribution in [-0.4, -0.2) is 43.7 Å². The lowest BCUT2D eigenvalue weighted by molar-refractivity contribution is 0.0277. The zero-order valence-electron chi connectivity index (χ0n) is 14.8. The van der Waals surface area contributed by atoms with Crippen LogP contribution in [0.2, 0.25) is 0 Å². The third-order valence-corrected chi connectivity index (χ3v) is 4.91. The van der Waals surface area contributed by atoms with Crippen molar-refractivity contribution in [3.63, 3.8) is 0 Å². The number of hydrogen-bond donors (Lipinski definition) is 2. The van der Waals surface area contributed by atoms with Crippen LogP contribution in [0.3, 0.4) is 0 Å². The second-order valence-electron chi connectivity index (χ2n) is 6.74. The molecule has 4 rings (SSSR count). The Morgan fingerprint density at radius 3 is 2.62 bits per heavy atom. The quantitative estimate of drug-likeness (QED) is 0.885. The van der Waals surface area contributed by atoms with Gasteiger partial charge in [0.05, 0.1) is 18.3 Å². The van der Waals surface area contributed by atoms with Crippen LogP contribution in [0.15, 0.2) is 42.6 Å². The number of carbonyl (C=O) groups is 1. The first-order valence-electron chi connectivity index (χ1n) is 9.24. The zero-order valence-corrected chi connectivity index (χ0v) is 14.8. The maximum Gasteiger partial charge on any atom is 0.257 e. The largest absolute Gasteiger partial charge is 0.371 e. The number of hydrogen-bond acceptors (Lipinski definition) is 5. The lowest BCUT2D eigenvalue weighted by atomic mass is 10.1. The second kappa shape index (κ2) is 7.85. The molecular weight excluding hydrogens is 328 g/mol.